The van der Waals surface area contributed by atoms with E-state index in [1.54, 1.807) is 7.11 Å². The van der Waals surface area contributed by atoms with E-state index in [4.69, 9.17) is 9.47 Å². The van der Waals surface area contributed by atoms with Crippen LogP contribution < -0.4 is 0 Å². The minimum atomic E-state index is 0.184. The summed E-state index contributed by atoms with van der Waals surface area (Å²) in [5.41, 5.74) is 1.26. The normalized spacial score (nSPS) is 14.0. The van der Waals surface area contributed by atoms with E-state index < -0.39 is 0 Å². The van der Waals surface area contributed by atoms with Crippen LogP contribution >= 0.6 is 0 Å². The van der Waals surface area contributed by atoms with Gasteiger partial charge >= 0.3 is 0 Å². The van der Waals surface area contributed by atoms with Gasteiger partial charge in [0.1, 0.15) is 0 Å². The molecule has 0 fully saturated rings. The molecule has 0 saturated carbocycles. The van der Waals surface area contributed by atoms with Crippen molar-refractivity contribution in [3.63, 3.8) is 0 Å². The number of hydrogen-bond acceptors (Lipinski definition) is 2. The van der Waals surface area contributed by atoms with Crippen molar-refractivity contribution >= 4 is 0 Å². The topological polar surface area (TPSA) is 18.5 Å². The van der Waals surface area contributed by atoms with Gasteiger partial charge in [-0.05, 0) is 24.8 Å². The molecule has 0 spiro atoms. The highest BCUT2D eigenvalue weighted by Gasteiger charge is 2.14. The maximum atomic E-state index is 5.65. The van der Waals surface area contributed by atoms with Crippen LogP contribution in [0.3, 0.4) is 0 Å². The highest BCUT2D eigenvalue weighted by molar-refractivity contribution is 5.17. The van der Waals surface area contributed by atoms with Gasteiger partial charge in [-0.15, -0.1) is 0 Å². The van der Waals surface area contributed by atoms with Gasteiger partial charge in [0.15, 0.2) is 0 Å². The molecular formula is C20H34O2. The maximum absolute atomic E-state index is 5.65. The number of ether oxygens (including phenoxy) is 2. The van der Waals surface area contributed by atoms with Crippen LogP contribution in [0.5, 0.6) is 0 Å². The molecule has 0 amide bonds. The Morgan fingerprint density at radius 1 is 0.773 bits per heavy atom. The summed E-state index contributed by atoms with van der Waals surface area (Å²) in [5, 5.41) is 0. The number of methoxy groups -OCH3 is 2. The molecule has 1 aromatic rings. The van der Waals surface area contributed by atoms with Crippen molar-refractivity contribution in [1.29, 1.82) is 0 Å². The van der Waals surface area contributed by atoms with Crippen molar-refractivity contribution in [3.05, 3.63) is 35.9 Å². The lowest BCUT2D eigenvalue weighted by Crippen LogP contribution is -2.13. The van der Waals surface area contributed by atoms with E-state index in [1.807, 2.05) is 13.2 Å². The molecule has 0 aliphatic carbocycles. The second-order valence-corrected chi connectivity index (χ2v) is 6.13. The van der Waals surface area contributed by atoms with Crippen molar-refractivity contribution < 1.29 is 9.47 Å². The van der Waals surface area contributed by atoms with E-state index in [2.05, 4.69) is 31.2 Å². The zero-order valence-corrected chi connectivity index (χ0v) is 14.7. The Morgan fingerprint density at radius 2 is 1.45 bits per heavy atom. The van der Waals surface area contributed by atoms with Gasteiger partial charge in [0.05, 0.1) is 12.2 Å². The predicted molar refractivity (Wildman–Crippen MR) is 94.2 cm³/mol. The van der Waals surface area contributed by atoms with Crippen molar-refractivity contribution in [2.75, 3.05) is 14.2 Å². The Bertz CT molecular complexity index is 350. The van der Waals surface area contributed by atoms with E-state index in [1.165, 1.54) is 50.5 Å². The molecule has 2 heteroatoms. The molecule has 2 unspecified atom stereocenters. The fourth-order valence-electron chi connectivity index (χ4n) is 2.96. The lowest BCUT2D eigenvalue weighted by Gasteiger charge is -2.20. The third-order valence-corrected chi connectivity index (χ3v) is 4.42. The quantitative estimate of drug-likeness (QED) is 0.421. The fraction of sp³-hybridized carbons (Fsp3) is 0.700. The summed E-state index contributed by atoms with van der Waals surface area (Å²) in [5.74, 6) is 0. The number of hydrogen-bond donors (Lipinski definition) is 0. The van der Waals surface area contributed by atoms with Gasteiger partial charge in [-0.2, -0.15) is 0 Å². The molecule has 0 radical (unpaired) electrons. The number of unbranched alkanes of at least 4 members (excludes halogenated alkanes) is 5. The second kappa shape index (κ2) is 12.7. The summed E-state index contributed by atoms with van der Waals surface area (Å²) in [6.07, 6.45) is 11.9. The summed E-state index contributed by atoms with van der Waals surface area (Å²) in [6.45, 7) is 2.26. The van der Waals surface area contributed by atoms with Crippen LogP contribution in [-0.2, 0) is 9.47 Å². The Labute approximate surface area is 137 Å². The Hall–Kier alpha value is -0.860. The van der Waals surface area contributed by atoms with E-state index >= 15 is 0 Å². The lowest BCUT2D eigenvalue weighted by molar-refractivity contribution is 0.0485. The standard InChI is InChI=1S/C20H34O2/c1-4-5-6-7-8-12-15-19(21-2)16-17-20(22-3)18-13-10-9-11-14-18/h9-11,13-14,19-20H,4-8,12,15-17H2,1-3H3. The van der Waals surface area contributed by atoms with Crippen molar-refractivity contribution in [2.45, 2.75) is 76.9 Å². The van der Waals surface area contributed by atoms with Crippen molar-refractivity contribution in [2.24, 2.45) is 0 Å². The van der Waals surface area contributed by atoms with Crippen LogP contribution in [0, 0.1) is 0 Å². The minimum Gasteiger partial charge on any atom is -0.381 e. The predicted octanol–water partition coefficient (Wildman–Crippen LogP) is 5.92. The van der Waals surface area contributed by atoms with Gasteiger partial charge < -0.3 is 9.47 Å². The van der Waals surface area contributed by atoms with E-state index in [0.29, 0.717) is 6.10 Å². The molecule has 0 bridgehead atoms. The summed E-state index contributed by atoms with van der Waals surface area (Å²) in [7, 11) is 3.64. The average molecular weight is 306 g/mol. The molecule has 1 aromatic carbocycles. The van der Waals surface area contributed by atoms with Gasteiger partial charge in [0.25, 0.3) is 0 Å². The van der Waals surface area contributed by atoms with Crippen molar-refractivity contribution in [1.82, 2.24) is 0 Å². The van der Waals surface area contributed by atoms with Crippen LogP contribution in [0.2, 0.25) is 0 Å². The van der Waals surface area contributed by atoms with Gasteiger partial charge in [-0.1, -0.05) is 75.8 Å². The molecule has 2 nitrogen and oxygen atoms in total. The first kappa shape index (κ1) is 19.2. The van der Waals surface area contributed by atoms with Gasteiger partial charge in [-0.3, -0.25) is 0 Å². The van der Waals surface area contributed by atoms with Gasteiger partial charge in [-0.25, -0.2) is 0 Å². The SMILES string of the molecule is CCCCCCCCC(CCC(OC)c1ccccc1)OC. The smallest absolute Gasteiger partial charge is 0.0822 e. The number of rotatable bonds is 13. The van der Waals surface area contributed by atoms with Crippen LogP contribution in [0.15, 0.2) is 30.3 Å². The molecule has 0 heterocycles. The lowest BCUT2D eigenvalue weighted by atomic mass is 9.99. The van der Waals surface area contributed by atoms with Crippen molar-refractivity contribution in [3.8, 4) is 0 Å². The van der Waals surface area contributed by atoms with Crippen LogP contribution in [0.25, 0.3) is 0 Å². The Kier molecular flexibility index (Phi) is 11.0. The molecule has 126 valence electrons. The first-order valence-electron chi connectivity index (χ1n) is 8.92. The summed E-state index contributed by atoms with van der Waals surface area (Å²) in [4.78, 5) is 0. The average Bonchev–Trinajstić information content (AvgIpc) is 2.57. The minimum absolute atomic E-state index is 0.184. The maximum Gasteiger partial charge on any atom is 0.0822 e. The summed E-state index contributed by atoms with van der Waals surface area (Å²) < 4.78 is 11.3. The van der Waals surface area contributed by atoms with Crippen LogP contribution in [-0.4, -0.2) is 20.3 Å². The largest absolute Gasteiger partial charge is 0.381 e. The molecule has 0 N–H and O–H groups in total. The monoisotopic (exact) mass is 306 g/mol. The second-order valence-electron chi connectivity index (χ2n) is 6.13. The molecule has 0 saturated heterocycles. The summed E-state index contributed by atoms with van der Waals surface area (Å²) in [6, 6.07) is 10.5. The van der Waals surface area contributed by atoms with E-state index in [9.17, 15) is 0 Å². The van der Waals surface area contributed by atoms with E-state index in [0.717, 1.165) is 12.8 Å². The summed E-state index contributed by atoms with van der Waals surface area (Å²) >= 11 is 0. The molecular weight excluding hydrogens is 272 g/mol. The molecule has 0 aliphatic heterocycles. The number of benzene rings is 1. The molecule has 0 aliphatic rings. The molecule has 1 rings (SSSR count). The zero-order chi connectivity index (χ0) is 16.0. The third-order valence-electron chi connectivity index (χ3n) is 4.42. The van der Waals surface area contributed by atoms with Crippen LogP contribution in [0.4, 0.5) is 0 Å². The van der Waals surface area contributed by atoms with Crippen LogP contribution in [0.1, 0.15) is 76.4 Å². The highest BCUT2D eigenvalue weighted by atomic mass is 16.5. The first-order valence-corrected chi connectivity index (χ1v) is 8.92. The van der Waals surface area contributed by atoms with E-state index in [-0.39, 0.29) is 6.10 Å². The Balaban J connectivity index is 2.24. The molecule has 2 atom stereocenters. The molecule has 22 heavy (non-hydrogen) atoms. The van der Waals surface area contributed by atoms with Gasteiger partial charge in [0.2, 0.25) is 0 Å². The first-order chi connectivity index (χ1) is 10.8. The highest BCUT2D eigenvalue weighted by Crippen LogP contribution is 2.24. The Morgan fingerprint density at radius 3 is 2.09 bits per heavy atom. The van der Waals surface area contributed by atoms with Gasteiger partial charge in [0, 0.05) is 14.2 Å². The fourth-order valence-corrected chi connectivity index (χ4v) is 2.96. The molecule has 0 aromatic heterocycles. The third kappa shape index (κ3) is 7.95. The zero-order valence-electron chi connectivity index (χ0n) is 14.7.